The number of carbonyl (C=O) groups is 2. The van der Waals surface area contributed by atoms with E-state index < -0.39 is 61.4 Å². The van der Waals surface area contributed by atoms with E-state index in [4.69, 9.17) is 70.3 Å². The Balaban J connectivity index is 1.09. The molecule has 7 N–H and O–H groups in total. The molecular formula is C38H37Cl4N4O13P. The van der Waals surface area contributed by atoms with Crippen molar-refractivity contribution in [3.63, 3.8) is 0 Å². The second kappa shape index (κ2) is 18.4. The summed E-state index contributed by atoms with van der Waals surface area (Å²) in [6, 6.07) is 5.15. The summed E-state index contributed by atoms with van der Waals surface area (Å²) in [6.45, 7) is 2.51. The molecule has 1 aliphatic carbocycles. The molecule has 0 saturated carbocycles. The van der Waals surface area contributed by atoms with Gasteiger partial charge in [-0.05, 0) is 51.0 Å². The number of nitrogens with zero attached hydrogens (tertiary/aromatic N) is 2. The fraction of sp³-hybridized carbons (Fsp3) is 0.342. The molecule has 0 radical (unpaired) electrons. The van der Waals surface area contributed by atoms with Crippen molar-refractivity contribution in [3.8, 4) is 28.2 Å². The Morgan fingerprint density at radius 3 is 2.43 bits per heavy atom. The number of nitrogens with two attached hydrogens (primary N) is 1. The van der Waals surface area contributed by atoms with E-state index in [1.165, 1.54) is 38.2 Å². The fourth-order valence-corrected chi connectivity index (χ4v) is 8.71. The number of aryl methyl sites for hydroxylation is 1. The first-order chi connectivity index (χ1) is 28.3. The number of nitrogen functional groups attached to an aromatic ring is 1. The standard InChI is InChI=1S/C38H37Cl4N4O13P/c1-16-32(48)22(40)11-18-28(19-12-23(41)33(49)17(2)35(19)59-34(16)18)30-29(37(51)52)21(39)13-20(31(30)42)36(50)44-8-5-3-4-6-10-56-60(54,55)57-15-25-24(47)14-27(58-25)46-9-7-26(43)45-38(46)53/h7,9,11-13,24-25,27,47-48H,3-6,8,10,14-15H2,1-2H3,(H,44,50)(H,51,52)(H,54,55)(H2,43,45,53)/t24-,25-,27-/m1/s1. The molecule has 22 heteroatoms. The second-order valence-electron chi connectivity index (χ2n) is 13.9. The van der Waals surface area contributed by atoms with E-state index >= 15 is 0 Å². The third-order valence-corrected chi connectivity index (χ3v) is 12.1. The quantitative estimate of drug-likeness (QED) is 0.0347. The number of rotatable bonds is 15. The van der Waals surface area contributed by atoms with E-state index in [-0.39, 0.29) is 101 Å². The van der Waals surface area contributed by atoms with Gasteiger partial charge in [-0.25, -0.2) is 14.2 Å². The molecule has 60 heavy (non-hydrogen) atoms. The molecule has 1 fully saturated rings. The third kappa shape index (κ3) is 9.31. The van der Waals surface area contributed by atoms with Crippen molar-refractivity contribution in [1.82, 2.24) is 14.9 Å². The van der Waals surface area contributed by atoms with Crippen LogP contribution in [0, 0.1) is 13.8 Å². The molecule has 3 aromatic rings. The average molecular weight is 931 g/mol. The van der Waals surface area contributed by atoms with E-state index in [0.29, 0.717) is 25.7 Å². The highest BCUT2D eigenvalue weighted by atomic mass is 35.5. The van der Waals surface area contributed by atoms with Gasteiger partial charge in [0.15, 0.2) is 0 Å². The number of phenols is 1. The Kier molecular flexibility index (Phi) is 13.9. The largest absolute Gasteiger partial charge is 0.506 e. The third-order valence-electron chi connectivity index (χ3n) is 9.90. The summed E-state index contributed by atoms with van der Waals surface area (Å²) < 4.78 is 35.4. The van der Waals surface area contributed by atoms with Crippen molar-refractivity contribution in [2.75, 3.05) is 25.5 Å². The summed E-state index contributed by atoms with van der Waals surface area (Å²) in [5.41, 5.74) is 4.05. The highest BCUT2D eigenvalue weighted by Gasteiger charge is 2.38. The number of aliphatic hydroxyl groups is 1. The van der Waals surface area contributed by atoms with Crippen LogP contribution in [0.1, 0.15) is 70.2 Å². The molecule has 1 saturated heterocycles. The molecule has 3 heterocycles. The van der Waals surface area contributed by atoms with Gasteiger partial charge in [0.1, 0.15) is 35.2 Å². The smallest absolute Gasteiger partial charge is 0.472 e. The average Bonchev–Trinajstić information content (AvgIpc) is 3.56. The van der Waals surface area contributed by atoms with Gasteiger partial charge in [-0.15, -0.1) is 0 Å². The van der Waals surface area contributed by atoms with Crippen LogP contribution in [0.5, 0.6) is 5.75 Å². The lowest BCUT2D eigenvalue weighted by Gasteiger charge is -2.22. The van der Waals surface area contributed by atoms with Crippen LogP contribution < -0.4 is 22.2 Å². The molecule has 17 nitrogen and oxygen atoms in total. The van der Waals surface area contributed by atoms with E-state index in [1.807, 2.05) is 0 Å². The van der Waals surface area contributed by atoms with Gasteiger partial charge in [0.2, 0.25) is 5.43 Å². The molecule has 1 unspecified atom stereocenters. The number of hydrogen-bond donors (Lipinski definition) is 6. The zero-order valence-corrected chi connectivity index (χ0v) is 35.6. The van der Waals surface area contributed by atoms with Crippen LogP contribution >= 0.6 is 54.2 Å². The number of halogens is 4. The van der Waals surface area contributed by atoms with E-state index in [0.717, 1.165) is 10.6 Å². The minimum absolute atomic E-state index is 0.0114. The lowest BCUT2D eigenvalue weighted by molar-refractivity contribution is -0.0464. The number of aliphatic hydroxyl groups excluding tert-OH is 1. The highest BCUT2D eigenvalue weighted by molar-refractivity contribution is 7.47. The lowest BCUT2D eigenvalue weighted by atomic mass is 9.87. The number of carbonyl (C=O) groups excluding carboxylic acids is 1. The maximum atomic E-state index is 13.6. The monoisotopic (exact) mass is 928 g/mol. The van der Waals surface area contributed by atoms with Crippen LogP contribution in [0.2, 0.25) is 20.1 Å². The van der Waals surface area contributed by atoms with Crippen LogP contribution in [0.25, 0.3) is 33.4 Å². The van der Waals surface area contributed by atoms with Crippen LogP contribution in [0.3, 0.4) is 0 Å². The summed E-state index contributed by atoms with van der Waals surface area (Å²) in [4.78, 5) is 65.1. The number of nitrogens with one attached hydrogen (secondary N) is 1. The number of amides is 1. The van der Waals surface area contributed by atoms with Gasteiger partial charge >= 0.3 is 19.5 Å². The van der Waals surface area contributed by atoms with Crippen LogP contribution in [-0.2, 0) is 18.3 Å². The number of carboxylic acid groups (broad SMARTS) is 1. The fourth-order valence-electron chi connectivity index (χ4n) is 6.82. The normalized spacial score (nSPS) is 17.6. The maximum Gasteiger partial charge on any atom is 0.472 e. The van der Waals surface area contributed by atoms with Crippen molar-refractivity contribution in [2.45, 2.75) is 64.4 Å². The molecule has 1 aromatic heterocycles. The summed E-state index contributed by atoms with van der Waals surface area (Å²) in [6.07, 6.45) is 0.279. The van der Waals surface area contributed by atoms with Crippen molar-refractivity contribution in [2.24, 2.45) is 0 Å². The SMILES string of the molecule is Cc1c2oc3c(C)c(O)c(Cl)cc3c(-c3c(Cl)c(C(=O)NCCCCCCOP(=O)(O)OC[C@H]4O[C@@H](n5ccc(N)nc5=O)C[C@H]4O)cc(Cl)c3C(=O)O)c-2cc(Cl)c1=O. The van der Waals surface area contributed by atoms with Gasteiger partial charge in [0.25, 0.3) is 5.91 Å². The number of benzene rings is 3. The number of aromatic nitrogens is 2. The molecule has 0 bridgehead atoms. The predicted molar refractivity (Wildman–Crippen MR) is 223 cm³/mol. The van der Waals surface area contributed by atoms with Gasteiger partial charge < -0.3 is 40.4 Å². The molecular weight excluding hydrogens is 893 g/mol. The summed E-state index contributed by atoms with van der Waals surface area (Å²) in [5, 5.41) is 33.4. The zero-order valence-electron chi connectivity index (χ0n) is 31.7. The van der Waals surface area contributed by atoms with E-state index in [1.54, 1.807) is 0 Å². The van der Waals surface area contributed by atoms with Crippen LogP contribution in [-0.4, -0.2) is 73.6 Å². The number of aromatic carboxylic acids is 1. The second-order valence-corrected chi connectivity index (χ2v) is 16.9. The maximum absolute atomic E-state index is 13.6. The number of carboxylic acids is 1. The Morgan fingerprint density at radius 2 is 1.73 bits per heavy atom. The Hall–Kier alpha value is -4.26. The Bertz CT molecular complexity index is 2660. The zero-order chi connectivity index (χ0) is 43.8. The number of phenolic OH excluding ortho intramolecular Hbond substituents is 1. The number of ether oxygens (including phenoxy) is 1. The minimum atomic E-state index is -4.52. The van der Waals surface area contributed by atoms with E-state index in [9.17, 15) is 44.0 Å². The highest BCUT2D eigenvalue weighted by Crippen LogP contribution is 2.50. The van der Waals surface area contributed by atoms with E-state index in [2.05, 4.69) is 10.3 Å². The van der Waals surface area contributed by atoms with Gasteiger partial charge in [-0.2, -0.15) is 4.98 Å². The molecule has 6 rings (SSSR count). The number of unbranched alkanes of at least 4 members (excludes halogenated alkanes) is 3. The lowest BCUT2D eigenvalue weighted by Crippen LogP contribution is -2.28. The summed E-state index contributed by atoms with van der Waals surface area (Å²) in [5.74, 6) is -2.43. The predicted octanol–water partition coefficient (Wildman–Crippen LogP) is 7.11. The van der Waals surface area contributed by atoms with Crippen molar-refractivity contribution >= 4 is 82.9 Å². The first kappa shape index (κ1) is 45.3. The number of anilines is 1. The minimum Gasteiger partial charge on any atom is -0.506 e. The van der Waals surface area contributed by atoms with Gasteiger partial charge in [0.05, 0.1) is 50.5 Å². The summed E-state index contributed by atoms with van der Waals surface area (Å²) in [7, 11) is -4.52. The van der Waals surface area contributed by atoms with Gasteiger partial charge in [0, 0.05) is 52.4 Å². The van der Waals surface area contributed by atoms with Gasteiger partial charge in [-0.3, -0.25) is 23.2 Å². The number of hydrogen-bond acceptors (Lipinski definition) is 13. The first-order valence-electron chi connectivity index (χ1n) is 18.2. The van der Waals surface area contributed by atoms with Crippen molar-refractivity contribution in [3.05, 3.63) is 93.5 Å². The summed E-state index contributed by atoms with van der Waals surface area (Å²) >= 11 is 26.2. The Morgan fingerprint density at radius 1 is 1.02 bits per heavy atom. The number of phosphoric acid groups is 1. The molecule has 0 spiro atoms. The molecule has 4 atom stereocenters. The van der Waals surface area contributed by atoms with Crippen LogP contribution in [0.4, 0.5) is 5.82 Å². The Labute approximate surface area is 360 Å². The van der Waals surface area contributed by atoms with Gasteiger partial charge in [-0.1, -0.05) is 59.2 Å². The number of phosphoric ester groups is 1. The van der Waals surface area contributed by atoms with Crippen LogP contribution in [0.15, 0.2) is 44.5 Å². The molecule has 320 valence electrons. The van der Waals surface area contributed by atoms with Crippen molar-refractivity contribution < 1.29 is 52.6 Å². The topological polar surface area (TPSA) is 263 Å². The molecule has 2 aliphatic heterocycles. The first-order valence-corrected chi connectivity index (χ1v) is 21.2. The molecule has 1 amide bonds. The number of fused-ring (bicyclic) bond motifs is 2. The molecule has 3 aliphatic rings. The number of aromatic hydroxyl groups is 1. The molecule has 2 aromatic carbocycles. The van der Waals surface area contributed by atoms with Crippen molar-refractivity contribution in [1.29, 1.82) is 0 Å².